The molecule has 1 aliphatic carbocycles. The highest BCUT2D eigenvalue weighted by molar-refractivity contribution is 7.98. The van der Waals surface area contributed by atoms with Crippen molar-refractivity contribution in [3.63, 3.8) is 0 Å². The first-order valence-electron chi connectivity index (χ1n) is 7.27. The van der Waals surface area contributed by atoms with Crippen molar-refractivity contribution in [3.8, 4) is 0 Å². The SMILES string of the molecule is Cc1ccccc1SCc1noc(C2CCCCC2=O)n1. The molecule has 5 heteroatoms. The van der Waals surface area contributed by atoms with Crippen LogP contribution in [-0.2, 0) is 10.5 Å². The number of thioether (sulfide) groups is 1. The average molecular weight is 302 g/mol. The summed E-state index contributed by atoms with van der Waals surface area (Å²) in [5.74, 6) is 1.89. The van der Waals surface area contributed by atoms with E-state index in [1.54, 1.807) is 11.8 Å². The molecule has 0 aliphatic heterocycles. The maximum absolute atomic E-state index is 11.9. The smallest absolute Gasteiger partial charge is 0.237 e. The van der Waals surface area contributed by atoms with Gasteiger partial charge in [0.15, 0.2) is 5.82 Å². The fourth-order valence-corrected chi connectivity index (χ4v) is 3.44. The van der Waals surface area contributed by atoms with Crippen LogP contribution < -0.4 is 0 Å². The number of rotatable bonds is 4. The van der Waals surface area contributed by atoms with E-state index < -0.39 is 0 Å². The molecule has 1 unspecified atom stereocenters. The minimum atomic E-state index is -0.177. The number of carbonyl (C=O) groups excluding carboxylic acids is 1. The predicted octanol–water partition coefficient (Wildman–Crippen LogP) is 3.90. The second-order valence-electron chi connectivity index (χ2n) is 5.37. The maximum atomic E-state index is 11.9. The first-order chi connectivity index (χ1) is 10.2. The Morgan fingerprint density at radius 1 is 1.33 bits per heavy atom. The largest absolute Gasteiger partial charge is 0.339 e. The molecule has 0 radical (unpaired) electrons. The number of hydrogen-bond donors (Lipinski definition) is 0. The van der Waals surface area contributed by atoms with Gasteiger partial charge < -0.3 is 4.52 Å². The van der Waals surface area contributed by atoms with Crippen molar-refractivity contribution in [3.05, 3.63) is 41.5 Å². The van der Waals surface area contributed by atoms with Crippen LogP contribution in [0.15, 0.2) is 33.7 Å². The Hall–Kier alpha value is -1.62. The number of aryl methyl sites for hydroxylation is 1. The van der Waals surface area contributed by atoms with Crippen LogP contribution in [0.1, 0.15) is 48.9 Å². The fraction of sp³-hybridized carbons (Fsp3) is 0.438. The van der Waals surface area contributed by atoms with E-state index >= 15 is 0 Å². The van der Waals surface area contributed by atoms with Crippen molar-refractivity contribution in [1.82, 2.24) is 10.1 Å². The quantitative estimate of drug-likeness (QED) is 0.802. The number of aromatic nitrogens is 2. The molecule has 110 valence electrons. The van der Waals surface area contributed by atoms with E-state index in [0.29, 0.717) is 23.9 Å². The van der Waals surface area contributed by atoms with E-state index in [2.05, 4.69) is 29.2 Å². The van der Waals surface area contributed by atoms with Crippen LogP contribution in [0.4, 0.5) is 0 Å². The molecule has 1 aliphatic rings. The summed E-state index contributed by atoms with van der Waals surface area (Å²) in [6.07, 6.45) is 3.53. The lowest BCUT2D eigenvalue weighted by molar-refractivity contribution is -0.122. The van der Waals surface area contributed by atoms with E-state index in [1.807, 2.05) is 12.1 Å². The van der Waals surface area contributed by atoms with Crippen molar-refractivity contribution in [2.75, 3.05) is 0 Å². The normalized spacial score (nSPS) is 18.9. The van der Waals surface area contributed by atoms with Crippen LogP contribution in [0.5, 0.6) is 0 Å². The molecule has 1 aromatic heterocycles. The van der Waals surface area contributed by atoms with Crippen LogP contribution in [0.25, 0.3) is 0 Å². The third-order valence-corrected chi connectivity index (χ3v) is 4.96. The van der Waals surface area contributed by atoms with Gasteiger partial charge in [-0.2, -0.15) is 4.98 Å². The number of nitrogens with zero attached hydrogens (tertiary/aromatic N) is 2. The van der Waals surface area contributed by atoms with Crippen LogP contribution in [0.3, 0.4) is 0 Å². The van der Waals surface area contributed by atoms with Crippen molar-refractivity contribution in [1.29, 1.82) is 0 Å². The number of benzene rings is 1. The highest BCUT2D eigenvalue weighted by Gasteiger charge is 2.28. The Labute approximate surface area is 128 Å². The molecular weight excluding hydrogens is 284 g/mol. The van der Waals surface area contributed by atoms with Gasteiger partial charge in [-0.1, -0.05) is 29.8 Å². The number of Topliss-reactive ketones (excluding diaryl/α,β-unsaturated/α-hetero) is 1. The van der Waals surface area contributed by atoms with Crippen molar-refractivity contribution in [2.45, 2.75) is 49.2 Å². The van der Waals surface area contributed by atoms with Crippen molar-refractivity contribution in [2.24, 2.45) is 0 Å². The molecule has 21 heavy (non-hydrogen) atoms. The van der Waals surface area contributed by atoms with Crippen LogP contribution in [-0.4, -0.2) is 15.9 Å². The lowest BCUT2D eigenvalue weighted by atomic mass is 9.88. The van der Waals surface area contributed by atoms with Gasteiger partial charge in [0.2, 0.25) is 5.89 Å². The number of carbonyl (C=O) groups is 1. The molecule has 2 aromatic rings. The first-order valence-corrected chi connectivity index (χ1v) is 8.26. The molecule has 3 rings (SSSR count). The van der Waals surface area contributed by atoms with Crippen LogP contribution in [0.2, 0.25) is 0 Å². The molecule has 1 heterocycles. The van der Waals surface area contributed by atoms with Crippen molar-refractivity contribution >= 4 is 17.5 Å². The summed E-state index contributed by atoms with van der Waals surface area (Å²) in [5.41, 5.74) is 1.24. The van der Waals surface area contributed by atoms with Gasteiger partial charge >= 0.3 is 0 Å². The molecule has 4 nitrogen and oxygen atoms in total. The van der Waals surface area contributed by atoms with Gasteiger partial charge in [0.1, 0.15) is 5.78 Å². The maximum Gasteiger partial charge on any atom is 0.237 e. The summed E-state index contributed by atoms with van der Waals surface area (Å²) in [7, 11) is 0. The van der Waals surface area contributed by atoms with E-state index in [-0.39, 0.29) is 11.7 Å². The lowest BCUT2D eigenvalue weighted by Gasteiger charge is -2.16. The van der Waals surface area contributed by atoms with Crippen molar-refractivity contribution < 1.29 is 9.32 Å². The summed E-state index contributed by atoms with van der Waals surface area (Å²) in [6.45, 7) is 2.09. The van der Waals surface area contributed by atoms with Gasteiger partial charge in [-0.25, -0.2) is 0 Å². The van der Waals surface area contributed by atoms with E-state index in [1.165, 1.54) is 10.5 Å². The van der Waals surface area contributed by atoms with Gasteiger partial charge in [0.05, 0.1) is 11.7 Å². The monoisotopic (exact) mass is 302 g/mol. The standard InChI is InChI=1S/C16H18N2O2S/c1-11-6-2-5-9-14(11)21-10-15-17-16(20-18-15)12-7-3-4-8-13(12)19/h2,5-6,9,12H,3-4,7-8,10H2,1H3. The van der Waals surface area contributed by atoms with Gasteiger partial charge in [-0.3, -0.25) is 4.79 Å². The third kappa shape index (κ3) is 3.35. The fourth-order valence-electron chi connectivity index (χ4n) is 2.57. The third-order valence-electron chi connectivity index (χ3n) is 3.79. The summed E-state index contributed by atoms with van der Waals surface area (Å²) in [6, 6.07) is 8.23. The van der Waals surface area contributed by atoms with Crippen LogP contribution in [0, 0.1) is 6.92 Å². The highest BCUT2D eigenvalue weighted by Crippen LogP contribution is 2.30. The average Bonchev–Trinajstić information content (AvgIpc) is 2.96. The molecular formula is C16H18N2O2S. The Morgan fingerprint density at radius 2 is 2.19 bits per heavy atom. The summed E-state index contributed by atoms with van der Waals surface area (Å²) >= 11 is 1.69. The number of hydrogen-bond acceptors (Lipinski definition) is 5. The summed E-state index contributed by atoms with van der Waals surface area (Å²) < 4.78 is 5.30. The topological polar surface area (TPSA) is 56.0 Å². The molecule has 0 bridgehead atoms. The number of ketones is 1. The zero-order valence-electron chi connectivity index (χ0n) is 12.0. The van der Waals surface area contributed by atoms with Gasteiger partial charge in [-0.05, 0) is 31.4 Å². The molecule has 1 aromatic carbocycles. The molecule has 0 spiro atoms. The van der Waals surface area contributed by atoms with E-state index in [4.69, 9.17) is 4.52 Å². The summed E-state index contributed by atoms with van der Waals surface area (Å²) in [5, 5.41) is 4.01. The molecule has 0 saturated heterocycles. The van der Waals surface area contributed by atoms with E-state index in [9.17, 15) is 4.79 Å². The Bertz CT molecular complexity index is 639. The minimum Gasteiger partial charge on any atom is -0.339 e. The van der Waals surface area contributed by atoms with Gasteiger partial charge in [0, 0.05) is 11.3 Å². The lowest BCUT2D eigenvalue weighted by Crippen LogP contribution is -2.17. The predicted molar refractivity (Wildman–Crippen MR) is 81.3 cm³/mol. The Balaban J connectivity index is 1.65. The molecule has 0 amide bonds. The zero-order valence-corrected chi connectivity index (χ0v) is 12.9. The molecule has 1 fully saturated rings. The second-order valence-corrected chi connectivity index (χ2v) is 6.38. The van der Waals surface area contributed by atoms with E-state index in [0.717, 1.165) is 19.3 Å². The molecule has 1 saturated carbocycles. The molecule has 0 N–H and O–H groups in total. The van der Waals surface area contributed by atoms with Gasteiger partial charge in [-0.15, -0.1) is 11.8 Å². The zero-order chi connectivity index (χ0) is 14.7. The summed E-state index contributed by atoms with van der Waals surface area (Å²) in [4.78, 5) is 17.5. The Morgan fingerprint density at radius 3 is 3.00 bits per heavy atom. The minimum absolute atomic E-state index is 0.177. The second kappa shape index (κ2) is 6.43. The highest BCUT2D eigenvalue weighted by atomic mass is 32.2. The molecule has 1 atom stereocenters. The van der Waals surface area contributed by atoms with Gasteiger partial charge in [0.25, 0.3) is 0 Å². The van der Waals surface area contributed by atoms with Crippen LogP contribution >= 0.6 is 11.8 Å². The Kier molecular flexibility index (Phi) is 4.39. The first kappa shape index (κ1) is 14.3.